The number of aromatic nitrogens is 1. The van der Waals surface area contributed by atoms with Gasteiger partial charge in [0.25, 0.3) is 0 Å². The molecule has 0 saturated heterocycles. The van der Waals surface area contributed by atoms with Crippen LogP contribution in [0, 0.1) is 6.92 Å². The third-order valence-corrected chi connectivity index (χ3v) is 6.27. The lowest BCUT2D eigenvalue weighted by molar-refractivity contribution is 0.105. The Morgan fingerprint density at radius 2 is 1.97 bits per heavy atom. The predicted octanol–water partition coefficient (Wildman–Crippen LogP) is 6.54. The van der Waals surface area contributed by atoms with Crippen molar-refractivity contribution in [2.24, 2.45) is 0 Å². The highest BCUT2D eigenvalue weighted by molar-refractivity contribution is 9.10. The van der Waals surface area contributed by atoms with Crippen molar-refractivity contribution in [3.8, 4) is 10.6 Å². The number of hydrogen-bond donors (Lipinski definition) is 0. The maximum atomic E-state index is 12.7. The van der Waals surface area contributed by atoms with Crippen LogP contribution in [0.2, 0.25) is 5.02 Å². The molecule has 2 aromatic carbocycles. The van der Waals surface area contributed by atoms with Gasteiger partial charge in [0.2, 0.25) is 0 Å². The van der Waals surface area contributed by atoms with Crippen molar-refractivity contribution < 1.29 is 9.21 Å². The standard InChI is InChI=1S/C22H13BrClNO3S/c1-12-21(29-22(25-12)13-2-5-15(23)6-3-13)18(26)8-4-14-11-28-19-9-7-16(24)10-17(19)20(14)27/h2-11H,1H3/b8-4+. The summed E-state index contributed by atoms with van der Waals surface area (Å²) in [6.07, 6.45) is 4.18. The second kappa shape index (κ2) is 8.06. The average Bonchev–Trinajstić information content (AvgIpc) is 3.10. The van der Waals surface area contributed by atoms with Gasteiger partial charge < -0.3 is 4.42 Å². The number of halogens is 2. The molecule has 0 radical (unpaired) electrons. The van der Waals surface area contributed by atoms with Gasteiger partial charge in [-0.3, -0.25) is 9.59 Å². The third-order valence-electron chi connectivity index (χ3n) is 4.29. The first-order valence-corrected chi connectivity index (χ1v) is 10.6. The Bertz CT molecular complexity index is 1320. The largest absolute Gasteiger partial charge is 0.463 e. The summed E-state index contributed by atoms with van der Waals surface area (Å²) in [6, 6.07) is 12.6. The maximum absolute atomic E-state index is 12.7. The highest BCUT2D eigenvalue weighted by Gasteiger charge is 2.15. The molecule has 2 heterocycles. The van der Waals surface area contributed by atoms with Crippen molar-refractivity contribution in [1.82, 2.24) is 4.98 Å². The highest BCUT2D eigenvalue weighted by atomic mass is 79.9. The van der Waals surface area contributed by atoms with Crippen molar-refractivity contribution in [2.75, 3.05) is 0 Å². The first-order valence-electron chi connectivity index (χ1n) is 8.59. The van der Waals surface area contributed by atoms with Crippen LogP contribution in [0.3, 0.4) is 0 Å². The fourth-order valence-corrected chi connectivity index (χ4v) is 4.24. The Kier molecular flexibility index (Phi) is 5.50. The lowest BCUT2D eigenvalue weighted by Crippen LogP contribution is -2.05. The fraction of sp³-hybridized carbons (Fsp3) is 0.0455. The summed E-state index contributed by atoms with van der Waals surface area (Å²) in [4.78, 5) is 30.4. The number of hydrogen-bond acceptors (Lipinski definition) is 5. The molecule has 29 heavy (non-hydrogen) atoms. The molecule has 0 spiro atoms. The van der Waals surface area contributed by atoms with Crippen LogP contribution in [0.1, 0.15) is 20.9 Å². The summed E-state index contributed by atoms with van der Waals surface area (Å²) >= 11 is 10.7. The third kappa shape index (κ3) is 4.10. The molecule has 0 aliphatic carbocycles. The molecule has 7 heteroatoms. The minimum Gasteiger partial charge on any atom is -0.463 e. The van der Waals surface area contributed by atoms with Crippen molar-refractivity contribution in [3.05, 3.63) is 90.7 Å². The van der Waals surface area contributed by atoms with Crippen LogP contribution >= 0.6 is 38.9 Å². The van der Waals surface area contributed by atoms with E-state index in [1.165, 1.54) is 29.8 Å². The van der Waals surface area contributed by atoms with Gasteiger partial charge in [0.05, 0.1) is 21.5 Å². The number of rotatable bonds is 4. The molecule has 4 nitrogen and oxygen atoms in total. The van der Waals surface area contributed by atoms with Gasteiger partial charge in [-0.05, 0) is 49.4 Å². The van der Waals surface area contributed by atoms with Crippen molar-refractivity contribution in [3.63, 3.8) is 0 Å². The highest BCUT2D eigenvalue weighted by Crippen LogP contribution is 2.29. The molecule has 0 bridgehead atoms. The van der Waals surface area contributed by atoms with Crippen LogP contribution < -0.4 is 5.43 Å². The van der Waals surface area contributed by atoms with Crippen LogP contribution in [-0.2, 0) is 0 Å². The number of ketones is 1. The van der Waals surface area contributed by atoms with Gasteiger partial charge >= 0.3 is 0 Å². The van der Waals surface area contributed by atoms with Crippen LogP contribution in [-0.4, -0.2) is 10.8 Å². The average molecular weight is 487 g/mol. The van der Waals surface area contributed by atoms with E-state index >= 15 is 0 Å². The lowest BCUT2D eigenvalue weighted by atomic mass is 10.1. The predicted molar refractivity (Wildman–Crippen MR) is 121 cm³/mol. The van der Waals surface area contributed by atoms with Gasteiger partial charge in [-0.1, -0.05) is 39.7 Å². The SMILES string of the molecule is Cc1nc(-c2ccc(Br)cc2)sc1C(=O)/C=C/c1coc2ccc(Cl)cc2c1=O. The monoisotopic (exact) mass is 485 g/mol. The quantitative estimate of drug-likeness (QED) is 0.243. The number of thiazole rings is 1. The summed E-state index contributed by atoms with van der Waals surface area (Å²) in [6.45, 7) is 1.80. The molecule has 4 rings (SSSR count). The summed E-state index contributed by atoms with van der Waals surface area (Å²) < 4.78 is 6.45. The summed E-state index contributed by atoms with van der Waals surface area (Å²) in [5.41, 5.74) is 2.08. The molecule has 0 aliphatic heterocycles. The van der Waals surface area contributed by atoms with Gasteiger partial charge in [-0.2, -0.15) is 0 Å². The van der Waals surface area contributed by atoms with E-state index in [-0.39, 0.29) is 16.8 Å². The fourth-order valence-electron chi connectivity index (χ4n) is 2.82. The number of fused-ring (bicyclic) bond motifs is 1. The van der Waals surface area contributed by atoms with Crippen LogP contribution in [0.15, 0.2) is 68.5 Å². The zero-order chi connectivity index (χ0) is 20.5. The molecular formula is C22H13BrClNO3S. The molecule has 0 saturated carbocycles. The Morgan fingerprint density at radius 3 is 2.72 bits per heavy atom. The summed E-state index contributed by atoms with van der Waals surface area (Å²) in [5, 5.41) is 1.59. The first-order chi connectivity index (χ1) is 13.9. The topological polar surface area (TPSA) is 60.2 Å². The minimum absolute atomic E-state index is 0.214. The van der Waals surface area contributed by atoms with E-state index in [9.17, 15) is 9.59 Å². The number of allylic oxidation sites excluding steroid dienone is 1. The molecule has 0 fully saturated rings. The molecule has 0 atom stereocenters. The van der Waals surface area contributed by atoms with Gasteiger partial charge in [0.1, 0.15) is 16.9 Å². The van der Waals surface area contributed by atoms with E-state index in [1.807, 2.05) is 24.3 Å². The van der Waals surface area contributed by atoms with E-state index < -0.39 is 0 Å². The van der Waals surface area contributed by atoms with Crippen LogP contribution in [0.25, 0.3) is 27.6 Å². The molecule has 0 amide bonds. The Hall–Kier alpha value is -2.54. The van der Waals surface area contributed by atoms with Crippen molar-refractivity contribution in [1.29, 1.82) is 0 Å². The zero-order valence-electron chi connectivity index (χ0n) is 15.1. The van der Waals surface area contributed by atoms with Gasteiger partial charge in [0, 0.05) is 15.1 Å². The normalized spacial score (nSPS) is 11.4. The second-order valence-electron chi connectivity index (χ2n) is 6.30. The summed E-state index contributed by atoms with van der Waals surface area (Å²) in [5.74, 6) is -0.214. The maximum Gasteiger partial charge on any atom is 0.199 e. The van der Waals surface area contributed by atoms with Crippen molar-refractivity contribution in [2.45, 2.75) is 6.92 Å². The van der Waals surface area contributed by atoms with Crippen LogP contribution in [0.4, 0.5) is 0 Å². The van der Waals surface area contributed by atoms with E-state index in [0.717, 1.165) is 15.0 Å². The first kappa shape index (κ1) is 19.8. The second-order valence-corrected chi connectivity index (χ2v) is 8.65. The molecule has 4 aromatic rings. The number of carbonyl (C=O) groups is 1. The number of aryl methyl sites for hydroxylation is 1. The Balaban J connectivity index is 1.64. The van der Waals surface area contributed by atoms with Crippen molar-refractivity contribution >= 4 is 61.7 Å². The lowest BCUT2D eigenvalue weighted by Gasteiger charge is -1.99. The van der Waals surface area contributed by atoms with Gasteiger partial charge in [-0.25, -0.2) is 4.98 Å². The molecule has 0 aliphatic rings. The minimum atomic E-state index is -0.241. The summed E-state index contributed by atoms with van der Waals surface area (Å²) in [7, 11) is 0. The van der Waals surface area contributed by atoms with Crippen LogP contribution in [0.5, 0.6) is 0 Å². The molecule has 144 valence electrons. The molecule has 0 N–H and O–H groups in total. The van der Waals surface area contributed by atoms with E-state index in [0.29, 0.717) is 26.6 Å². The van der Waals surface area contributed by atoms with Gasteiger partial charge in [0.15, 0.2) is 11.2 Å². The zero-order valence-corrected chi connectivity index (χ0v) is 18.3. The van der Waals surface area contributed by atoms with E-state index in [4.69, 9.17) is 16.0 Å². The van der Waals surface area contributed by atoms with E-state index in [2.05, 4.69) is 20.9 Å². The number of benzene rings is 2. The molecular weight excluding hydrogens is 474 g/mol. The number of carbonyl (C=O) groups excluding carboxylic acids is 1. The Labute approximate surface area is 183 Å². The molecule has 0 unspecified atom stereocenters. The smallest absolute Gasteiger partial charge is 0.199 e. The Morgan fingerprint density at radius 1 is 1.21 bits per heavy atom. The number of nitrogens with zero attached hydrogens (tertiary/aromatic N) is 1. The van der Waals surface area contributed by atoms with E-state index in [1.54, 1.807) is 25.1 Å². The van der Waals surface area contributed by atoms with Gasteiger partial charge in [-0.15, -0.1) is 11.3 Å². The molecule has 2 aromatic heterocycles.